The van der Waals surface area contributed by atoms with Crippen LogP contribution in [0.2, 0.25) is 0 Å². The second-order valence-electron chi connectivity index (χ2n) is 10.5. The number of aliphatic carboxylic acids is 1. The van der Waals surface area contributed by atoms with Gasteiger partial charge >= 0.3 is 5.97 Å². The third-order valence-corrected chi connectivity index (χ3v) is 7.08. The van der Waals surface area contributed by atoms with E-state index >= 15 is 0 Å². The van der Waals surface area contributed by atoms with Crippen molar-refractivity contribution in [1.82, 2.24) is 20.9 Å². The van der Waals surface area contributed by atoms with Crippen molar-refractivity contribution >= 4 is 52.7 Å². The summed E-state index contributed by atoms with van der Waals surface area (Å²) < 4.78 is 0. The molecule has 244 valence electrons. The summed E-state index contributed by atoms with van der Waals surface area (Å²) in [6, 6.07) is 10.7. The molecule has 2 aromatic rings. The van der Waals surface area contributed by atoms with Crippen LogP contribution in [0.5, 0.6) is 0 Å². The summed E-state index contributed by atoms with van der Waals surface area (Å²) >= 11 is 0. The number of carbonyl (C=O) groups excluding carboxylic acids is 6. The number of ketones is 1. The van der Waals surface area contributed by atoms with Gasteiger partial charge in [-0.25, -0.2) is 0 Å². The van der Waals surface area contributed by atoms with Crippen molar-refractivity contribution in [2.45, 2.75) is 57.2 Å². The summed E-state index contributed by atoms with van der Waals surface area (Å²) in [6.45, 7) is 0.710. The highest BCUT2D eigenvalue weighted by Gasteiger charge is 2.38. The Morgan fingerprint density at radius 3 is 2.26 bits per heavy atom. The van der Waals surface area contributed by atoms with Crippen molar-refractivity contribution in [1.29, 1.82) is 0 Å². The third-order valence-electron chi connectivity index (χ3n) is 7.08. The Morgan fingerprint density at radius 2 is 1.63 bits per heavy atom. The summed E-state index contributed by atoms with van der Waals surface area (Å²) in [6.07, 6.45) is -0.0508. The van der Waals surface area contributed by atoms with Crippen LogP contribution in [0.4, 0.5) is 11.4 Å². The van der Waals surface area contributed by atoms with Gasteiger partial charge in [0.15, 0.2) is 0 Å². The number of non-ortho nitro benzene ring substituents is 1. The van der Waals surface area contributed by atoms with E-state index in [2.05, 4.69) is 21.3 Å². The fourth-order valence-electron chi connectivity index (χ4n) is 4.66. The first-order chi connectivity index (χ1) is 21.8. The summed E-state index contributed by atoms with van der Waals surface area (Å²) in [7, 11) is 0. The molecular formula is C30H34N6O10. The lowest BCUT2D eigenvalue weighted by molar-refractivity contribution is -0.384. The molecule has 0 aromatic heterocycles. The minimum absolute atomic E-state index is 0.0854. The summed E-state index contributed by atoms with van der Waals surface area (Å²) in [4.78, 5) is 98.4. The summed E-state index contributed by atoms with van der Waals surface area (Å²) in [5.74, 6) is -5.92. The molecule has 0 spiro atoms. The van der Waals surface area contributed by atoms with E-state index in [0.717, 1.165) is 10.5 Å². The van der Waals surface area contributed by atoms with Crippen LogP contribution in [0.3, 0.4) is 0 Å². The fraction of sp³-hybridized carbons (Fsp3) is 0.367. The summed E-state index contributed by atoms with van der Waals surface area (Å²) in [5.41, 5.74) is 0.827. The molecule has 1 fully saturated rings. The standard InChI is InChI=1S/C30H34N6O10/c1-18(32-25(38)13-14-26(39)40)27(41)31-17-24(37)30(44)35-15-5-8-23(35)29(43)34-22(16-19-6-3-2-4-7-19)28(42)33-20-9-11-21(12-10-20)36(45)46/h2-4,6-7,9-12,18,22-23H,5,8,13-17H2,1H3,(H,31,41)(H,32,38)(H,33,42)(H,34,43)(H,39,40)/t18-,22-,23-/m0/s1. The van der Waals surface area contributed by atoms with Gasteiger partial charge in [0.2, 0.25) is 29.4 Å². The van der Waals surface area contributed by atoms with Crippen LogP contribution in [0.15, 0.2) is 54.6 Å². The first-order valence-electron chi connectivity index (χ1n) is 14.4. The first kappa shape index (κ1) is 34.8. The molecule has 1 aliphatic heterocycles. The number of carbonyl (C=O) groups is 7. The molecule has 0 unspecified atom stereocenters. The van der Waals surface area contributed by atoms with E-state index in [1.54, 1.807) is 30.3 Å². The van der Waals surface area contributed by atoms with E-state index in [-0.39, 0.29) is 37.2 Å². The second kappa shape index (κ2) is 16.4. The molecule has 0 aliphatic carbocycles. The van der Waals surface area contributed by atoms with E-state index in [1.807, 2.05) is 0 Å². The Balaban J connectivity index is 1.62. The van der Waals surface area contributed by atoms with Gasteiger partial charge in [-0.05, 0) is 37.5 Å². The minimum Gasteiger partial charge on any atom is -0.481 e. The van der Waals surface area contributed by atoms with E-state index in [0.29, 0.717) is 6.42 Å². The highest BCUT2D eigenvalue weighted by Crippen LogP contribution is 2.19. The normalized spacial score (nSPS) is 15.2. The Morgan fingerprint density at radius 1 is 0.957 bits per heavy atom. The number of benzene rings is 2. The SMILES string of the molecule is C[C@H](NC(=O)CCC(=O)O)C(=O)NCC(=O)C(=O)N1CCC[C@H]1C(=O)N[C@@H](Cc1ccccc1)C(=O)Nc1ccc([N+](=O)[O-])cc1. The number of hydrogen-bond acceptors (Lipinski definition) is 9. The number of rotatable bonds is 15. The number of likely N-dealkylation sites (tertiary alicyclic amines) is 1. The number of anilines is 1. The van der Waals surface area contributed by atoms with Crippen LogP contribution in [-0.4, -0.2) is 87.4 Å². The number of nitro groups is 1. The average Bonchev–Trinajstić information content (AvgIpc) is 3.52. The lowest BCUT2D eigenvalue weighted by Crippen LogP contribution is -2.54. The van der Waals surface area contributed by atoms with E-state index in [9.17, 15) is 43.7 Å². The van der Waals surface area contributed by atoms with Gasteiger partial charge in [-0.3, -0.25) is 43.7 Å². The molecular weight excluding hydrogens is 604 g/mol. The van der Waals surface area contributed by atoms with Crippen LogP contribution in [-0.2, 0) is 40.0 Å². The van der Waals surface area contributed by atoms with Crippen molar-refractivity contribution in [3.8, 4) is 0 Å². The molecule has 0 saturated carbocycles. The molecule has 5 amide bonds. The third kappa shape index (κ3) is 10.2. The zero-order valence-corrected chi connectivity index (χ0v) is 24.9. The van der Waals surface area contributed by atoms with Gasteiger partial charge < -0.3 is 31.3 Å². The van der Waals surface area contributed by atoms with Gasteiger partial charge in [-0.15, -0.1) is 0 Å². The zero-order chi connectivity index (χ0) is 33.8. The number of nitrogens with one attached hydrogen (secondary N) is 4. The number of hydrogen-bond donors (Lipinski definition) is 5. The molecule has 5 N–H and O–H groups in total. The molecule has 1 aliphatic rings. The highest BCUT2D eigenvalue weighted by atomic mass is 16.6. The number of carboxylic acid groups (broad SMARTS) is 1. The van der Waals surface area contributed by atoms with Gasteiger partial charge in [0.05, 0.1) is 17.9 Å². The van der Waals surface area contributed by atoms with Gasteiger partial charge in [0, 0.05) is 37.2 Å². The molecule has 0 bridgehead atoms. The molecule has 3 rings (SSSR count). The maximum atomic E-state index is 13.4. The van der Waals surface area contributed by atoms with E-state index < -0.39 is 77.3 Å². The number of nitrogens with zero attached hydrogens (tertiary/aromatic N) is 2. The molecule has 1 saturated heterocycles. The minimum atomic E-state index is -1.18. The van der Waals surface area contributed by atoms with Crippen molar-refractivity contribution in [3.63, 3.8) is 0 Å². The van der Waals surface area contributed by atoms with Crippen LogP contribution < -0.4 is 21.3 Å². The Labute approximate surface area is 263 Å². The number of carboxylic acids is 1. The fourth-order valence-corrected chi connectivity index (χ4v) is 4.66. The number of Topliss-reactive ketones (excluding diaryl/α,β-unsaturated/α-hetero) is 1. The molecule has 2 aromatic carbocycles. The molecule has 1 heterocycles. The Bertz CT molecular complexity index is 1480. The zero-order valence-electron chi connectivity index (χ0n) is 24.9. The van der Waals surface area contributed by atoms with Crippen LogP contribution in [0.25, 0.3) is 0 Å². The molecule has 16 nitrogen and oxygen atoms in total. The van der Waals surface area contributed by atoms with Gasteiger partial charge in [-0.1, -0.05) is 30.3 Å². The lowest BCUT2D eigenvalue weighted by atomic mass is 10.0. The highest BCUT2D eigenvalue weighted by molar-refractivity contribution is 6.37. The van der Waals surface area contributed by atoms with Crippen molar-refractivity contribution in [3.05, 3.63) is 70.3 Å². The number of amides is 5. The molecule has 16 heteroatoms. The molecule has 0 radical (unpaired) electrons. The van der Waals surface area contributed by atoms with E-state index in [1.165, 1.54) is 31.2 Å². The van der Waals surface area contributed by atoms with Gasteiger partial charge in [0.25, 0.3) is 11.6 Å². The van der Waals surface area contributed by atoms with Crippen LogP contribution >= 0.6 is 0 Å². The molecule has 3 atom stereocenters. The maximum Gasteiger partial charge on any atom is 0.303 e. The van der Waals surface area contributed by atoms with Gasteiger partial charge in [0.1, 0.15) is 18.1 Å². The largest absolute Gasteiger partial charge is 0.481 e. The predicted molar refractivity (Wildman–Crippen MR) is 161 cm³/mol. The topological polar surface area (TPSA) is 234 Å². The second-order valence-corrected chi connectivity index (χ2v) is 10.5. The smallest absolute Gasteiger partial charge is 0.303 e. The lowest BCUT2D eigenvalue weighted by Gasteiger charge is -2.26. The quantitative estimate of drug-likeness (QED) is 0.102. The average molecular weight is 639 g/mol. The monoisotopic (exact) mass is 638 g/mol. The van der Waals surface area contributed by atoms with E-state index in [4.69, 9.17) is 5.11 Å². The first-order valence-corrected chi connectivity index (χ1v) is 14.4. The molecule has 46 heavy (non-hydrogen) atoms. The number of nitro benzene ring substituents is 1. The Hall–Kier alpha value is -5.67. The van der Waals surface area contributed by atoms with Crippen LogP contribution in [0.1, 0.15) is 38.2 Å². The van der Waals surface area contributed by atoms with Gasteiger partial charge in [-0.2, -0.15) is 0 Å². The Kier molecular flexibility index (Phi) is 12.4. The van der Waals surface area contributed by atoms with Crippen LogP contribution in [0, 0.1) is 10.1 Å². The predicted octanol–water partition coefficient (Wildman–Crippen LogP) is 0.307. The van der Waals surface area contributed by atoms with Crippen molar-refractivity contribution in [2.75, 3.05) is 18.4 Å². The maximum absolute atomic E-state index is 13.4. The van der Waals surface area contributed by atoms with Crippen molar-refractivity contribution in [2.24, 2.45) is 0 Å². The van der Waals surface area contributed by atoms with Crippen molar-refractivity contribution < 1.29 is 43.6 Å². The summed E-state index contributed by atoms with van der Waals surface area (Å²) in [5, 5.41) is 29.5.